The first-order chi connectivity index (χ1) is 7.77. The van der Waals surface area contributed by atoms with Gasteiger partial charge in [0.05, 0.1) is 14.2 Å². The first kappa shape index (κ1) is 15.4. The molecule has 0 aromatic rings. The van der Waals surface area contributed by atoms with Crippen molar-refractivity contribution in [1.29, 1.82) is 0 Å². The molecule has 0 spiro atoms. The first-order valence-electron chi connectivity index (χ1n) is 7.00. The van der Waals surface area contributed by atoms with Crippen molar-refractivity contribution in [1.82, 2.24) is 0 Å². The molecule has 1 N–H and O–H groups in total. The Kier molecular flexibility index (Phi) is 5.44. The zero-order valence-electron chi connectivity index (χ0n) is 12.3. The Morgan fingerprint density at radius 1 is 1.00 bits per heavy atom. The van der Waals surface area contributed by atoms with Crippen LogP contribution >= 0.6 is 0 Å². The Hall–Kier alpha value is 0.354. The van der Waals surface area contributed by atoms with Crippen LogP contribution in [0.1, 0.15) is 25.7 Å². The summed E-state index contributed by atoms with van der Waals surface area (Å²) in [6, 6.07) is 2.71. The molecular formula is C13H30O2Si2. The molecule has 1 rings (SSSR count). The van der Waals surface area contributed by atoms with E-state index in [0.717, 1.165) is 18.4 Å². The third-order valence-corrected chi connectivity index (χ3v) is 12.1. The number of aliphatic hydroxyl groups excluding tert-OH is 1. The van der Waals surface area contributed by atoms with Gasteiger partial charge in [0, 0.05) is 7.11 Å². The summed E-state index contributed by atoms with van der Waals surface area (Å²) in [5.41, 5.74) is 0.924. The molecule has 0 amide bonds. The Morgan fingerprint density at radius 3 is 2.00 bits per heavy atom. The maximum atomic E-state index is 9.59. The van der Waals surface area contributed by atoms with Gasteiger partial charge in [-0.05, 0) is 37.5 Å². The molecule has 17 heavy (non-hydrogen) atoms. The zero-order chi connectivity index (χ0) is 13.1. The molecule has 0 atom stereocenters. The molecule has 2 nitrogen and oxygen atoms in total. The van der Waals surface area contributed by atoms with Gasteiger partial charge in [0.25, 0.3) is 0 Å². The molecular weight excluding hydrogens is 244 g/mol. The van der Waals surface area contributed by atoms with Gasteiger partial charge in [-0.2, -0.15) is 0 Å². The third-order valence-electron chi connectivity index (χ3n) is 4.73. The molecule has 0 bridgehead atoms. The lowest BCUT2D eigenvalue weighted by Gasteiger charge is -2.38. The standard InChI is InChI=1S/C13H30O2Si2/c1-15-17(4,5)11-10-16(2,3)13-8-6-12(14)7-9-13/h12-14H,6-11H2,1-5H3. The van der Waals surface area contributed by atoms with Crippen molar-refractivity contribution in [3.8, 4) is 0 Å². The van der Waals surface area contributed by atoms with Crippen LogP contribution in [0.25, 0.3) is 0 Å². The van der Waals surface area contributed by atoms with E-state index in [1.807, 2.05) is 7.11 Å². The van der Waals surface area contributed by atoms with Gasteiger partial charge in [-0.3, -0.25) is 0 Å². The van der Waals surface area contributed by atoms with Crippen LogP contribution in [0.3, 0.4) is 0 Å². The van der Waals surface area contributed by atoms with E-state index in [9.17, 15) is 5.11 Å². The van der Waals surface area contributed by atoms with Crippen molar-refractivity contribution in [2.24, 2.45) is 0 Å². The lowest BCUT2D eigenvalue weighted by molar-refractivity contribution is 0.129. The highest BCUT2D eigenvalue weighted by atomic mass is 28.4. The highest BCUT2D eigenvalue weighted by Crippen LogP contribution is 2.40. The van der Waals surface area contributed by atoms with E-state index < -0.39 is 16.4 Å². The van der Waals surface area contributed by atoms with Crippen LogP contribution < -0.4 is 0 Å². The van der Waals surface area contributed by atoms with Crippen LogP contribution in [-0.4, -0.2) is 34.7 Å². The summed E-state index contributed by atoms with van der Waals surface area (Å²) in [5, 5.41) is 9.59. The monoisotopic (exact) mass is 274 g/mol. The summed E-state index contributed by atoms with van der Waals surface area (Å²) < 4.78 is 5.66. The predicted octanol–water partition coefficient (Wildman–Crippen LogP) is 3.85. The van der Waals surface area contributed by atoms with Crippen LogP contribution in [-0.2, 0) is 4.43 Å². The van der Waals surface area contributed by atoms with Crippen LogP contribution in [0.2, 0.25) is 43.8 Å². The third kappa shape index (κ3) is 4.85. The van der Waals surface area contributed by atoms with Gasteiger partial charge in [0.1, 0.15) is 0 Å². The second kappa shape index (κ2) is 6.00. The molecule has 0 heterocycles. The quantitative estimate of drug-likeness (QED) is 0.772. The zero-order valence-corrected chi connectivity index (χ0v) is 14.3. The Bertz CT molecular complexity index is 234. The molecule has 0 aromatic carbocycles. The van der Waals surface area contributed by atoms with Crippen LogP contribution in [0.4, 0.5) is 0 Å². The highest BCUT2D eigenvalue weighted by Gasteiger charge is 2.36. The molecule has 1 aliphatic rings. The highest BCUT2D eigenvalue weighted by molar-refractivity contribution is 6.81. The fourth-order valence-electron chi connectivity index (χ4n) is 2.79. The minimum atomic E-state index is -1.38. The summed E-state index contributed by atoms with van der Waals surface area (Å²) in [6.45, 7) is 9.72. The predicted molar refractivity (Wildman–Crippen MR) is 79.8 cm³/mol. The number of hydrogen-bond donors (Lipinski definition) is 1. The summed E-state index contributed by atoms with van der Waals surface area (Å²) in [4.78, 5) is 0. The van der Waals surface area contributed by atoms with Gasteiger partial charge in [-0.25, -0.2) is 0 Å². The van der Waals surface area contributed by atoms with E-state index in [0.29, 0.717) is 0 Å². The average Bonchev–Trinajstić information content (AvgIpc) is 2.27. The van der Waals surface area contributed by atoms with Crippen molar-refractivity contribution >= 4 is 16.4 Å². The lowest BCUT2D eigenvalue weighted by Crippen LogP contribution is -2.39. The Morgan fingerprint density at radius 2 is 1.53 bits per heavy atom. The smallest absolute Gasteiger partial charge is 0.185 e. The molecule has 0 unspecified atom stereocenters. The summed E-state index contributed by atoms with van der Waals surface area (Å²) in [5.74, 6) is 0. The van der Waals surface area contributed by atoms with Gasteiger partial charge in [-0.15, -0.1) is 0 Å². The molecule has 0 saturated heterocycles. The van der Waals surface area contributed by atoms with E-state index in [1.54, 1.807) is 0 Å². The van der Waals surface area contributed by atoms with Crippen LogP contribution in [0, 0.1) is 0 Å². The normalized spacial score (nSPS) is 27.2. The van der Waals surface area contributed by atoms with E-state index in [1.165, 1.54) is 24.9 Å². The van der Waals surface area contributed by atoms with Crippen LogP contribution in [0.5, 0.6) is 0 Å². The number of aliphatic hydroxyl groups is 1. The van der Waals surface area contributed by atoms with E-state index >= 15 is 0 Å². The maximum absolute atomic E-state index is 9.59. The van der Waals surface area contributed by atoms with Gasteiger partial charge in [0.15, 0.2) is 8.32 Å². The largest absolute Gasteiger partial charge is 0.420 e. The van der Waals surface area contributed by atoms with Gasteiger partial charge in [-0.1, -0.05) is 32.0 Å². The van der Waals surface area contributed by atoms with E-state index in [2.05, 4.69) is 26.2 Å². The molecule has 1 saturated carbocycles. The van der Waals surface area contributed by atoms with Crippen molar-refractivity contribution in [3.05, 3.63) is 0 Å². The Balaban J connectivity index is 2.45. The average molecular weight is 275 g/mol. The van der Waals surface area contributed by atoms with Crippen LogP contribution in [0.15, 0.2) is 0 Å². The Labute approximate surface area is 109 Å². The molecule has 0 radical (unpaired) electrons. The molecule has 0 aromatic heterocycles. The second-order valence-electron chi connectivity index (χ2n) is 6.96. The van der Waals surface area contributed by atoms with Crippen molar-refractivity contribution in [3.63, 3.8) is 0 Å². The van der Waals surface area contributed by atoms with Gasteiger partial charge in [0.2, 0.25) is 0 Å². The van der Waals surface area contributed by atoms with E-state index in [-0.39, 0.29) is 6.10 Å². The molecule has 1 aliphatic carbocycles. The maximum Gasteiger partial charge on any atom is 0.185 e. The van der Waals surface area contributed by atoms with Gasteiger partial charge < -0.3 is 9.53 Å². The van der Waals surface area contributed by atoms with E-state index in [4.69, 9.17) is 4.43 Å². The van der Waals surface area contributed by atoms with Crippen molar-refractivity contribution in [2.75, 3.05) is 7.11 Å². The van der Waals surface area contributed by atoms with Crippen molar-refractivity contribution < 1.29 is 9.53 Å². The molecule has 0 aliphatic heterocycles. The van der Waals surface area contributed by atoms with Crippen molar-refractivity contribution in [2.45, 2.75) is 75.6 Å². The molecule has 102 valence electrons. The van der Waals surface area contributed by atoms with Gasteiger partial charge >= 0.3 is 0 Å². The number of hydrogen-bond acceptors (Lipinski definition) is 2. The minimum Gasteiger partial charge on any atom is -0.420 e. The lowest BCUT2D eigenvalue weighted by atomic mass is 9.97. The molecule has 1 fully saturated rings. The SMILES string of the molecule is CO[Si](C)(C)CC[Si](C)(C)C1CCC(O)CC1. The topological polar surface area (TPSA) is 29.5 Å². The molecule has 4 heteroatoms. The minimum absolute atomic E-state index is 0.0131. The summed E-state index contributed by atoms with van der Waals surface area (Å²) >= 11 is 0. The first-order valence-corrected chi connectivity index (χ1v) is 13.4. The summed E-state index contributed by atoms with van der Waals surface area (Å²) in [6.07, 6.45) is 4.57. The summed E-state index contributed by atoms with van der Waals surface area (Å²) in [7, 11) is -0.621. The fourth-order valence-corrected chi connectivity index (χ4v) is 10.3. The second-order valence-corrected chi connectivity index (χ2v) is 16.7. The fraction of sp³-hybridized carbons (Fsp3) is 1.00. The number of rotatable bonds is 5.